The van der Waals surface area contributed by atoms with Crippen LogP contribution in [0.25, 0.3) is 0 Å². The maximum absolute atomic E-state index is 12.8. The smallest absolute Gasteiger partial charge is 0.330 e. The van der Waals surface area contributed by atoms with Crippen molar-refractivity contribution in [3.8, 4) is 0 Å². The van der Waals surface area contributed by atoms with E-state index in [1.807, 2.05) is 0 Å². The lowest BCUT2D eigenvalue weighted by molar-refractivity contribution is -0.233. The summed E-state index contributed by atoms with van der Waals surface area (Å²) in [7, 11) is 0. The van der Waals surface area contributed by atoms with E-state index in [1.165, 1.54) is 10.7 Å². The highest BCUT2D eigenvalue weighted by molar-refractivity contribution is 5.92. The number of amides is 1. The van der Waals surface area contributed by atoms with Gasteiger partial charge >= 0.3 is 5.69 Å². The van der Waals surface area contributed by atoms with E-state index in [-0.39, 0.29) is 18.7 Å². The number of H-pyrrole nitrogens is 1. The number of nitrogens with zero attached hydrogens (tertiary/aromatic N) is 5. The molecule has 0 radical (unpaired) electrons. The monoisotopic (exact) mass is 591 g/mol. The van der Waals surface area contributed by atoms with Crippen LogP contribution in [0.4, 0.5) is 0 Å². The van der Waals surface area contributed by atoms with Gasteiger partial charge in [-0.25, -0.2) is 14.5 Å². The van der Waals surface area contributed by atoms with Crippen molar-refractivity contribution < 1.29 is 44.9 Å². The van der Waals surface area contributed by atoms with Crippen LogP contribution in [0.2, 0.25) is 0 Å². The zero-order valence-electron chi connectivity index (χ0n) is 21.7. The van der Waals surface area contributed by atoms with Gasteiger partial charge in [0, 0.05) is 30.6 Å². The molecule has 2 fully saturated rings. The molecule has 18 nitrogen and oxygen atoms in total. The van der Waals surface area contributed by atoms with Gasteiger partial charge in [-0.1, -0.05) is 11.3 Å². The fourth-order valence-corrected chi connectivity index (χ4v) is 4.74. The van der Waals surface area contributed by atoms with Gasteiger partial charge in [0.1, 0.15) is 48.4 Å². The Morgan fingerprint density at radius 1 is 0.952 bits per heavy atom. The quantitative estimate of drug-likeness (QED) is 0.122. The van der Waals surface area contributed by atoms with Crippen molar-refractivity contribution in [1.29, 1.82) is 0 Å². The number of carbonyl (C=O) groups excluding carboxylic acids is 1. The van der Waals surface area contributed by atoms with E-state index in [0.717, 1.165) is 16.8 Å². The lowest BCUT2D eigenvalue weighted by atomic mass is 9.98. The van der Waals surface area contributed by atoms with Crippen LogP contribution in [0, 0.1) is 0 Å². The van der Waals surface area contributed by atoms with Crippen molar-refractivity contribution in [3.63, 3.8) is 0 Å². The first-order chi connectivity index (χ1) is 20.0. The number of ether oxygens (including phenoxy) is 2. The van der Waals surface area contributed by atoms with Crippen molar-refractivity contribution in [3.05, 3.63) is 74.6 Å². The molecule has 1 amide bonds. The number of hydrogen-bond donors (Lipinski definition) is 8. The molecule has 0 spiro atoms. The van der Waals surface area contributed by atoms with Crippen LogP contribution < -0.4 is 16.6 Å². The predicted octanol–water partition coefficient (Wildman–Crippen LogP) is -5.04. The highest BCUT2D eigenvalue weighted by Crippen LogP contribution is 2.29. The SMILES string of the molecule is O=C(N[C@@H]1O[C@H](CO)[C@@H](O)[C@H](O)[C@H]1O)c1cccc(Cc2cn(C[C@H]3O[C@@H](n4ccc(=O)[nH]c4=O)[C@H](O)[C@@H]3O)nn2)n1. The minimum absolute atomic E-state index is 0.0329. The second-order valence-electron chi connectivity index (χ2n) is 9.91. The summed E-state index contributed by atoms with van der Waals surface area (Å²) in [6.07, 6.45) is -9.65. The minimum atomic E-state index is -1.65. The molecule has 2 saturated heterocycles. The van der Waals surface area contributed by atoms with Crippen LogP contribution >= 0.6 is 0 Å². The van der Waals surface area contributed by atoms with Crippen molar-refractivity contribution in [2.45, 2.75) is 68.1 Å². The van der Waals surface area contributed by atoms with Crippen LogP contribution in [0.5, 0.6) is 0 Å². The lowest BCUT2D eigenvalue weighted by Crippen LogP contribution is -2.63. The molecular formula is C24H29N7O11. The van der Waals surface area contributed by atoms with Gasteiger partial charge in [0.2, 0.25) is 0 Å². The molecule has 42 heavy (non-hydrogen) atoms. The Hall–Kier alpha value is -3.88. The third-order valence-corrected chi connectivity index (χ3v) is 6.98. The molecule has 2 aliphatic heterocycles. The Morgan fingerprint density at radius 2 is 1.71 bits per heavy atom. The summed E-state index contributed by atoms with van der Waals surface area (Å²) in [6.45, 7) is -0.678. The summed E-state index contributed by atoms with van der Waals surface area (Å²) in [5, 5.41) is 70.7. The molecule has 3 aromatic rings. The average molecular weight is 592 g/mol. The van der Waals surface area contributed by atoms with Crippen LogP contribution in [0.15, 0.2) is 46.2 Å². The maximum Gasteiger partial charge on any atom is 0.330 e. The van der Waals surface area contributed by atoms with E-state index in [4.69, 9.17) is 9.47 Å². The van der Waals surface area contributed by atoms with E-state index in [9.17, 15) is 45.0 Å². The van der Waals surface area contributed by atoms with Gasteiger partial charge in [0.15, 0.2) is 12.5 Å². The molecule has 0 aromatic carbocycles. The Morgan fingerprint density at radius 3 is 2.45 bits per heavy atom. The van der Waals surface area contributed by atoms with Crippen molar-refractivity contribution in [2.24, 2.45) is 0 Å². The molecule has 18 heteroatoms. The average Bonchev–Trinajstić information content (AvgIpc) is 3.52. The van der Waals surface area contributed by atoms with Crippen LogP contribution in [-0.4, -0.2) is 122 Å². The van der Waals surface area contributed by atoms with Crippen LogP contribution in [0.3, 0.4) is 0 Å². The van der Waals surface area contributed by atoms with Gasteiger partial charge in [-0.15, -0.1) is 5.10 Å². The van der Waals surface area contributed by atoms with Gasteiger partial charge in [-0.3, -0.25) is 19.1 Å². The molecule has 2 aliphatic rings. The van der Waals surface area contributed by atoms with E-state index < -0.39 is 78.9 Å². The number of aliphatic hydroxyl groups is 6. The highest BCUT2D eigenvalue weighted by atomic mass is 16.6. The minimum Gasteiger partial charge on any atom is -0.394 e. The van der Waals surface area contributed by atoms with Crippen molar-refractivity contribution in [2.75, 3.05) is 6.61 Å². The van der Waals surface area contributed by atoms with Gasteiger partial charge in [0.05, 0.1) is 18.8 Å². The highest BCUT2D eigenvalue weighted by Gasteiger charge is 2.45. The summed E-state index contributed by atoms with van der Waals surface area (Å²) >= 11 is 0. The first kappa shape index (κ1) is 29.6. The van der Waals surface area contributed by atoms with E-state index >= 15 is 0 Å². The first-order valence-corrected chi connectivity index (χ1v) is 12.8. The molecule has 0 aliphatic carbocycles. The summed E-state index contributed by atoms with van der Waals surface area (Å²) in [5.41, 5.74) is -0.606. The number of aromatic nitrogens is 6. The molecule has 9 atom stereocenters. The Balaban J connectivity index is 1.21. The fourth-order valence-electron chi connectivity index (χ4n) is 4.74. The molecule has 226 valence electrons. The normalized spacial score (nSPS) is 31.2. The number of aliphatic hydroxyl groups excluding tert-OH is 6. The molecule has 0 unspecified atom stereocenters. The van der Waals surface area contributed by atoms with Crippen molar-refractivity contribution in [1.82, 2.24) is 34.8 Å². The van der Waals surface area contributed by atoms with Crippen LogP contribution in [-0.2, 0) is 22.4 Å². The zero-order valence-corrected chi connectivity index (χ0v) is 21.7. The van der Waals surface area contributed by atoms with Gasteiger partial charge in [-0.05, 0) is 12.1 Å². The number of pyridine rings is 1. The number of hydrogen-bond acceptors (Lipinski definition) is 14. The topological polar surface area (TPSA) is 267 Å². The second-order valence-corrected chi connectivity index (χ2v) is 9.91. The third kappa shape index (κ3) is 6.01. The standard InChI is InChI=1S/C24H29N7O11/c32-9-14-17(35)18(36)19(37)22(41-14)27-21(39)12-3-1-2-10(25-12)6-11-7-30(29-28-11)8-13-16(34)20(38)23(42-13)31-5-4-15(33)26-24(31)40/h1-5,7,13-14,16-20,22-23,32,34-38H,6,8-9H2,(H,27,39)(H,26,33,40)/t13-,14-,16-,17-,18+,19-,20-,22-,23-/m1/s1. The molecule has 8 N–H and O–H groups in total. The number of carbonyl (C=O) groups is 1. The molecule has 5 heterocycles. The maximum atomic E-state index is 12.8. The summed E-state index contributed by atoms with van der Waals surface area (Å²) < 4.78 is 13.3. The number of rotatable bonds is 8. The molecule has 5 rings (SSSR count). The summed E-state index contributed by atoms with van der Waals surface area (Å²) in [4.78, 5) is 42.5. The number of nitrogens with one attached hydrogen (secondary N) is 2. The largest absolute Gasteiger partial charge is 0.394 e. The van der Waals surface area contributed by atoms with E-state index in [1.54, 1.807) is 18.3 Å². The lowest BCUT2D eigenvalue weighted by Gasteiger charge is -2.40. The Bertz CT molecular complexity index is 1520. The second kappa shape index (κ2) is 12.2. The van der Waals surface area contributed by atoms with Gasteiger partial charge < -0.3 is 45.4 Å². The number of aromatic amines is 1. The van der Waals surface area contributed by atoms with E-state index in [2.05, 4.69) is 25.6 Å². The van der Waals surface area contributed by atoms with Crippen molar-refractivity contribution >= 4 is 5.91 Å². The predicted molar refractivity (Wildman–Crippen MR) is 136 cm³/mol. The van der Waals surface area contributed by atoms with E-state index in [0.29, 0.717) is 11.4 Å². The summed E-state index contributed by atoms with van der Waals surface area (Å²) in [5.74, 6) is -0.744. The summed E-state index contributed by atoms with van der Waals surface area (Å²) in [6, 6.07) is 5.70. The molecule has 3 aromatic heterocycles. The molecule has 0 saturated carbocycles. The van der Waals surface area contributed by atoms with Gasteiger partial charge in [-0.2, -0.15) is 0 Å². The molecule has 0 bridgehead atoms. The fraction of sp³-hybridized carbons (Fsp3) is 0.500. The molecular weight excluding hydrogens is 562 g/mol. The Kier molecular flexibility index (Phi) is 8.57. The van der Waals surface area contributed by atoms with Crippen LogP contribution in [0.1, 0.15) is 28.1 Å². The zero-order chi connectivity index (χ0) is 30.1. The van der Waals surface area contributed by atoms with Gasteiger partial charge in [0.25, 0.3) is 11.5 Å². The third-order valence-electron chi connectivity index (χ3n) is 6.98. The first-order valence-electron chi connectivity index (χ1n) is 12.8. The Labute approximate surface area is 235 Å².